The van der Waals surface area contributed by atoms with Crippen molar-refractivity contribution >= 4 is 11.8 Å². The zero-order valence-electron chi connectivity index (χ0n) is 10.9. The number of rotatable bonds is 4. The fourth-order valence-electron chi connectivity index (χ4n) is 2.63. The molecule has 2 heterocycles. The second kappa shape index (κ2) is 6.73. The highest BCUT2D eigenvalue weighted by Crippen LogP contribution is 2.09. The lowest BCUT2D eigenvalue weighted by atomic mass is 10.1. The number of hydrogen-bond donors (Lipinski definition) is 2. The minimum atomic E-state index is -0.0462. The van der Waals surface area contributed by atoms with E-state index in [1.54, 1.807) is 0 Å². The SMILES string of the molecule is O=C(NCCC(=O)N1CCCCC1)[C@H]1CCCN1. The number of carbonyl (C=O) groups is 2. The van der Waals surface area contributed by atoms with Crippen LogP contribution < -0.4 is 10.6 Å². The second-order valence-corrected chi connectivity index (χ2v) is 5.13. The molecule has 0 aliphatic carbocycles. The second-order valence-electron chi connectivity index (χ2n) is 5.13. The Morgan fingerprint density at radius 1 is 1.17 bits per heavy atom. The van der Waals surface area contributed by atoms with E-state index in [0.29, 0.717) is 13.0 Å². The summed E-state index contributed by atoms with van der Waals surface area (Å²) in [6.45, 7) is 3.16. The van der Waals surface area contributed by atoms with Gasteiger partial charge in [-0.05, 0) is 38.6 Å². The minimum absolute atomic E-state index is 0.0407. The molecule has 5 heteroatoms. The molecule has 1 atom stereocenters. The number of nitrogens with zero attached hydrogens (tertiary/aromatic N) is 1. The van der Waals surface area contributed by atoms with Crippen molar-refractivity contribution in [3.63, 3.8) is 0 Å². The predicted octanol–water partition coefficient (Wildman–Crippen LogP) is 0.257. The molecule has 2 rings (SSSR count). The van der Waals surface area contributed by atoms with Gasteiger partial charge in [-0.3, -0.25) is 9.59 Å². The molecule has 2 N–H and O–H groups in total. The molecule has 2 fully saturated rings. The van der Waals surface area contributed by atoms with Gasteiger partial charge in [-0.25, -0.2) is 0 Å². The van der Waals surface area contributed by atoms with E-state index in [2.05, 4.69) is 10.6 Å². The van der Waals surface area contributed by atoms with Crippen molar-refractivity contribution in [3.8, 4) is 0 Å². The topological polar surface area (TPSA) is 61.4 Å². The quantitative estimate of drug-likeness (QED) is 0.755. The van der Waals surface area contributed by atoms with E-state index in [1.165, 1.54) is 6.42 Å². The van der Waals surface area contributed by atoms with E-state index >= 15 is 0 Å². The maximum atomic E-state index is 11.9. The van der Waals surface area contributed by atoms with Gasteiger partial charge in [0.1, 0.15) is 0 Å². The highest BCUT2D eigenvalue weighted by molar-refractivity contribution is 5.83. The summed E-state index contributed by atoms with van der Waals surface area (Å²) in [4.78, 5) is 25.5. The van der Waals surface area contributed by atoms with E-state index in [1.807, 2.05) is 4.90 Å². The van der Waals surface area contributed by atoms with Crippen molar-refractivity contribution in [3.05, 3.63) is 0 Å². The third-order valence-electron chi connectivity index (χ3n) is 3.72. The van der Waals surface area contributed by atoms with Gasteiger partial charge in [0.2, 0.25) is 11.8 Å². The van der Waals surface area contributed by atoms with E-state index in [0.717, 1.165) is 45.3 Å². The van der Waals surface area contributed by atoms with Gasteiger partial charge in [0.25, 0.3) is 0 Å². The van der Waals surface area contributed by atoms with E-state index in [9.17, 15) is 9.59 Å². The first kappa shape index (κ1) is 13.3. The highest BCUT2D eigenvalue weighted by Gasteiger charge is 2.22. The van der Waals surface area contributed by atoms with Crippen molar-refractivity contribution in [1.82, 2.24) is 15.5 Å². The molecule has 0 unspecified atom stereocenters. The Hall–Kier alpha value is -1.10. The molecule has 2 aliphatic rings. The summed E-state index contributed by atoms with van der Waals surface area (Å²) in [5, 5.41) is 6.00. The lowest BCUT2D eigenvalue weighted by Gasteiger charge is -2.26. The maximum absolute atomic E-state index is 11.9. The Morgan fingerprint density at radius 3 is 2.61 bits per heavy atom. The Labute approximate surface area is 108 Å². The average molecular weight is 253 g/mol. The molecule has 2 saturated heterocycles. The third kappa shape index (κ3) is 3.70. The Morgan fingerprint density at radius 2 is 1.94 bits per heavy atom. The molecule has 0 saturated carbocycles. The van der Waals surface area contributed by atoms with Gasteiger partial charge in [-0.2, -0.15) is 0 Å². The van der Waals surface area contributed by atoms with Crippen LogP contribution >= 0.6 is 0 Å². The Bertz CT molecular complexity index is 295. The first-order valence-corrected chi connectivity index (χ1v) is 7.06. The smallest absolute Gasteiger partial charge is 0.237 e. The summed E-state index contributed by atoms with van der Waals surface area (Å²) in [6.07, 6.45) is 5.86. The van der Waals surface area contributed by atoms with Crippen molar-refractivity contribution in [2.45, 2.75) is 44.6 Å². The summed E-state index contributed by atoms with van der Waals surface area (Å²) in [6, 6.07) is -0.0462. The largest absolute Gasteiger partial charge is 0.354 e. The van der Waals surface area contributed by atoms with Crippen LogP contribution in [0.25, 0.3) is 0 Å². The number of carbonyl (C=O) groups excluding carboxylic acids is 2. The summed E-state index contributed by atoms with van der Waals surface area (Å²) in [5.41, 5.74) is 0. The van der Waals surface area contributed by atoms with Crippen LogP contribution in [-0.2, 0) is 9.59 Å². The van der Waals surface area contributed by atoms with E-state index in [-0.39, 0.29) is 17.9 Å². The summed E-state index contributed by atoms with van der Waals surface area (Å²) in [5.74, 6) is 0.216. The van der Waals surface area contributed by atoms with Gasteiger partial charge in [-0.1, -0.05) is 0 Å². The molecule has 18 heavy (non-hydrogen) atoms. The lowest BCUT2D eigenvalue weighted by Crippen LogP contribution is -2.42. The fraction of sp³-hybridized carbons (Fsp3) is 0.846. The molecule has 0 bridgehead atoms. The number of hydrogen-bond acceptors (Lipinski definition) is 3. The van der Waals surface area contributed by atoms with Crippen molar-refractivity contribution in [2.24, 2.45) is 0 Å². The van der Waals surface area contributed by atoms with Crippen LogP contribution in [0, 0.1) is 0 Å². The molecule has 5 nitrogen and oxygen atoms in total. The van der Waals surface area contributed by atoms with Crippen LogP contribution in [0.1, 0.15) is 38.5 Å². The zero-order valence-corrected chi connectivity index (χ0v) is 10.9. The summed E-state index contributed by atoms with van der Waals surface area (Å²) in [7, 11) is 0. The molecular weight excluding hydrogens is 230 g/mol. The molecule has 0 aromatic rings. The van der Waals surface area contributed by atoms with Gasteiger partial charge in [0.15, 0.2) is 0 Å². The molecule has 2 amide bonds. The fourth-order valence-corrected chi connectivity index (χ4v) is 2.63. The zero-order chi connectivity index (χ0) is 12.8. The summed E-state index contributed by atoms with van der Waals surface area (Å²) >= 11 is 0. The standard InChI is InChI=1S/C13H23N3O2/c17-12(16-9-2-1-3-10-16)6-8-15-13(18)11-5-4-7-14-11/h11,14H,1-10H2,(H,15,18)/t11-/m1/s1. The van der Waals surface area contributed by atoms with Gasteiger partial charge >= 0.3 is 0 Å². The first-order valence-electron chi connectivity index (χ1n) is 7.06. The molecule has 2 aliphatic heterocycles. The minimum Gasteiger partial charge on any atom is -0.354 e. The molecule has 0 aromatic carbocycles. The monoisotopic (exact) mass is 253 g/mol. The van der Waals surface area contributed by atoms with Gasteiger partial charge in [0.05, 0.1) is 6.04 Å². The van der Waals surface area contributed by atoms with Crippen molar-refractivity contribution in [1.29, 1.82) is 0 Å². The molecule has 0 aromatic heterocycles. The molecule has 102 valence electrons. The number of piperidine rings is 1. The number of likely N-dealkylation sites (tertiary alicyclic amines) is 1. The molecule has 0 radical (unpaired) electrons. The number of nitrogens with one attached hydrogen (secondary N) is 2. The summed E-state index contributed by atoms with van der Waals surface area (Å²) < 4.78 is 0. The predicted molar refractivity (Wildman–Crippen MR) is 69.1 cm³/mol. The highest BCUT2D eigenvalue weighted by atomic mass is 16.2. The molecule has 0 spiro atoms. The van der Waals surface area contributed by atoms with Gasteiger partial charge < -0.3 is 15.5 Å². The Balaban J connectivity index is 1.62. The van der Waals surface area contributed by atoms with Gasteiger partial charge in [-0.15, -0.1) is 0 Å². The van der Waals surface area contributed by atoms with E-state index in [4.69, 9.17) is 0 Å². The van der Waals surface area contributed by atoms with Crippen molar-refractivity contribution in [2.75, 3.05) is 26.2 Å². The number of amides is 2. The average Bonchev–Trinajstić information content (AvgIpc) is 2.93. The van der Waals surface area contributed by atoms with Crippen LogP contribution in [0.2, 0.25) is 0 Å². The van der Waals surface area contributed by atoms with Crippen LogP contribution in [-0.4, -0.2) is 48.9 Å². The molecular formula is C13H23N3O2. The lowest BCUT2D eigenvalue weighted by molar-refractivity contribution is -0.132. The van der Waals surface area contributed by atoms with Crippen LogP contribution in [0.15, 0.2) is 0 Å². The van der Waals surface area contributed by atoms with Gasteiger partial charge in [0, 0.05) is 26.1 Å². The van der Waals surface area contributed by atoms with Crippen LogP contribution in [0.3, 0.4) is 0 Å². The van der Waals surface area contributed by atoms with Crippen LogP contribution in [0.4, 0.5) is 0 Å². The normalized spacial score (nSPS) is 24.0. The Kier molecular flexibility index (Phi) is 4.99. The first-order chi connectivity index (χ1) is 8.77. The van der Waals surface area contributed by atoms with Crippen molar-refractivity contribution < 1.29 is 9.59 Å². The van der Waals surface area contributed by atoms with Crippen LogP contribution in [0.5, 0.6) is 0 Å². The third-order valence-corrected chi connectivity index (χ3v) is 3.72. The van der Waals surface area contributed by atoms with E-state index < -0.39 is 0 Å². The maximum Gasteiger partial charge on any atom is 0.237 e.